The number of aliphatic hydroxyl groups is 1. The first kappa shape index (κ1) is 25.1. The molecule has 0 saturated carbocycles. The number of rotatable bonds is 9. The molecule has 1 saturated heterocycles. The third-order valence-electron chi connectivity index (χ3n) is 5.54. The number of likely N-dealkylation sites (tertiary alicyclic amines) is 1. The van der Waals surface area contributed by atoms with E-state index in [-0.39, 0.29) is 24.0 Å². The number of aliphatic hydroxyl groups excluding tert-OH is 1. The maximum absolute atomic E-state index is 13.2. The predicted molar refractivity (Wildman–Crippen MR) is 129 cm³/mol. The number of benzene rings is 2. The minimum atomic E-state index is -0.848. The number of ether oxygens (including phenoxy) is 3. The van der Waals surface area contributed by atoms with E-state index in [4.69, 9.17) is 14.2 Å². The Morgan fingerprint density at radius 1 is 1.09 bits per heavy atom. The number of methoxy groups -OCH3 is 2. The standard InChI is InChI=1S/C26H32N2O6/c1-16(2)34-18-10-7-9-17(15-18)23(29)21-22(19-11-8-12-20(32-5)25(19)33-6)28(14-13-27(3)4)26(31)24(21)30/h7-12,15-16,22,29H,13-14H2,1-6H3/b23-21+. The normalized spacial score (nSPS) is 17.5. The van der Waals surface area contributed by atoms with Crippen LogP contribution in [0.15, 0.2) is 48.0 Å². The van der Waals surface area contributed by atoms with Gasteiger partial charge in [-0.25, -0.2) is 0 Å². The van der Waals surface area contributed by atoms with Gasteiger partial charge in [0.1, 0.15) is 11.5 Å². The van der Waals surface area contributed by atoms with Gasteiger partial charge in [0.15, 0.2) is 11.5 Å². The lowest BCUT2D eigenvalue weighted by Crippen LogP contribution is -2.35. The van der Waals surface area contributed by atoms with Crippen LogP contribution in [-0.2, 0) is 9.59 Å². The fourth-order valence-electron chi connectivity index (χ4n) is 4.01. The van der Waals surface area contributed by atoms with E-state index in [1.165, 1.54) is 19.1 Å². The topological polar surface area (TPSA) is 88.5 Å². The minimum absolute atomic E-state index is 0.00277. The van der Waals surface area contributed by atoms with Gasteiger partial charge in [-0.3, -0.25) is 9.59 Å². The van der Waals surface area contributed by atoms with Crippen molar-refractivity contribution in [3.63, 3.8) is 0 Å². The number of nitrogens with zero attached hydrogens (tertiary/aromatic N) is 2. The molecule has 0 radical (unpaired) electrons. The zero-order chi connectivity index (χ0) is 25.0. The van der Waals surface area contributed by atoms with Gasteiger partial charge in [-0.2, -0.15) is 0 Å². The third-order valence-corrected chi connectivity index (χ3v) is 5.54. The molecule has 1 atom stereocenters. The maximum Gasteiger partial charge on any atom is 0.295 e. The van der Waals surface area contributed by atoms with E-state index in [2.05, 4.69) is 0 Å². The van der Waals surface area contributed by atoms with Gasteiger partial charge in [0.2, 0.25) is 0 Å². The molecule has 1 fully saturated rings. The molecule has 1 aliphatic heterocycles. The Morgan fingerprint density at radius 3 is 2.41 bits per heavy atom. The molecule has 1 N–H and O–H groups in total. The molecule has 8 nitrogen and oxygen atoms in total. The lowest BCUT2D eigenvalue weighted by Gasteiger charge is -2.28. The van der Waals surface area contributed by atoms with Crippen LogP contribution >= 0.6 is 0 Å². The van der Waals surface area contributed by atoms with Crippen LogP contribution in [0, 0.1) is 0 Å². The van der Waals surface area contributed by atoms with Crippen LogP contribution in [0.2, 0.25) is 0 Å². The highest BCUT2D eigenvalue weighted by Crippen LogP contribution is 2.45. The summed E-state index contributed by atoms with van der Waals surface area (Å²) in [6.07, 6.45) is -0.0601. The largest absolute Gasteiger partial charge is 0.507 e. The monoisotopic (exact) mass is 468 g/mol. The molecule has 0 spiro atoms. The van der Waals surface area contributed by atoms with Crippen molar-refractivity contribution in [1.29, 1.82) is 0 Å². The number of amides is 1. The number of carbonyl (C=O) groups is 2. The first-order valence-corrected chi connectivity index (χ1v) is 11.1. The Balaban J connectivity index is 2.22. The number of likely N-dealkylation sites (N-methyl/N-ethyl adjacent to an activating group) is 1. The summed E-state index contributed by atoms with van der Waals surface area (Å²) in [5, 5.41) is 11.3. The molecule has 0 aromatic heterocycles. The van der Waals surface area contributed by atoms with Crippen molar-refractivity contribution in [3.8, 4) is 17.2 Å². The van der Waals surface area contributed by atoms with Crippen LogP contribution < -0.4 is 14.2 Å². The highest BCUT2D eigenvalue weighted by atomic mass is 16.5. The fraction of sp³-hybridized carbons (Fsp3) is 0.385. The van der Waals surface area contributed by atoms with E-state index in [9.17, 15) is 14.7 Å². The summed E-state index contributed by atoms with van der Waals surface area (Å²) in [5.74, 6) is -0.277. The van der Waals surface area contributed by atoms with E-state index in [0.29, 0.717) is 34.9 Å². The summed E-state index contributed by atoms with van der Waals surface area (Å²) in [7, 11) is 6.79. The predicted octanol–water partition coefficient (Wildman–Crippen LogP) is 3.47. The third kappa shape index (κ3) is 5.02. The quantitative estimate of drug-likeness (QED) is 0.342. The van der Waals surface area contributed by atoms with Gasteiger partial charge < -0.3 is 29.1 Å². The molecule has 3 rings (SSSR count). The first-order chi connectivity index (χ1) is 16.2. The van der Waals surface area contributed by atoms with E-state index in [1.807, 2.05) is 32.8 Å². The Hall–Kier alpha value is -3.52. The van der Waals surface area contributed by atoms with Crippen molar-refractivity contribution in [2.24, 2.45) is 0 Å². The molecule has 182 valence electrons. The SMILES string of the molecule is COc1cccc(C2/C(=C(\O)c3cccc(OC(C)C)c3)C(=O)C(=O)N2CCN(C)C)c1OC. The Labute approximate surface area is 200 Å². The summed E-state index contributed by atoms with van der Waals surface area (Å²) in [5.41, 5.74) is 0.934. The van der Waals surface area contributed by atoms with Gasteiger partial charge in [-0.1, -0.05) is 24.3 Å². The molecule has 34 heavy (non-hydrogen) atoms. The number of hydrogen-bond donors (Lipinski definition) is 1. The van der Waals surface area contributed by atoms with E-state index >= 15 is 0 Å². The number of carbonyl (C=O) groups excluding carboxylic acids is 2. The van der Waals surface area contributed by atoms with Crippen LogP contribution in [-0.4, -0.2) is 74.1 Å². The Bertz CT molecular complexity index is 1090. The lowest BCUT2D eigenvalue weighted by atomic mass is 9.94. The number of para-hydroxylation sites is 1. The van der Waals surface area contributed by atoms with Crippen molar-refractivity contribution in [2.45, 2.75) is 26.0 Å². The van der Waals surface area contributed by atoms with Crippen LogP contribution in [0.1, 0.15) is 31.0 Å². The van der Waals surface area contributed by atoms with Gasteiger partial charge in [0.05, 0.1) is 31.9 Å². The Morgan fingerprint density at radius 2 is 1.79 bits per heavy atom. The second kappa shape index (κ2) is 10.6. The average Bonchev–Trinajstić information content (AvgIpc) is 3.05. The summed E-state index contributed by atoms with van der Waals surface area (Å²) >= 11 is 0. The van der Waals surface area contributed by atoms with Crippen molar-refractivity contribution >= 4 is 17.4 Å². The van der Waals surface area contributed by atoms with Gasteiger partial charge in [0.25, 0.3) is 11.7 Å². The van der Waals surface area contributed by atoms with Crippen molar-refractivity contribution in [1.82, 2.24) is 9.80 Å². The second-order valence-corrected chi connectivity index (χ2v) is 8.57. The van der Waals surface area contributed by atoms with Crippen LogP contribution in [0.4, 0.5) is 0 Å². The van der Waals surface area contributed by atoms with E-state index < -0.39 is 17.7 Å². The molecule has 2 aromatic carbocycles. The van der Waals surface area contributed by atoms with E-state index in [1.54, 1.807) is 42.5 Å². The van der Waals surface area contributed by atoms with Gasteiger partial charge in [-0.05, 0) is 46.1 Å². The molecule has 1 aliphatic rings. The van der Waals surface area contributed by atoms with Crippen molar-refractivity contribution in [2.75, 3.05) is 41.4 Å². The van der Waals surface area contributed by atoms with Crippen LogP contribution in [0.3, 0.4) is 0 Å². The summed E-state index contributed by atoms with van der Waals surface area (Å²) in [4.78, 5) is 29.8. The van der Waals surface area contributed by atoms with Gasteiger partial charge in [-0.15, -0.1) is 0 Å². The van der Waals surface area contributed by atoms with Gasteiger partial charge in [0, 0.05) is 24.2 Å². The minimum Gasteiger partial charge on any atom is -0.507 e. The molecule has 0 bridgehead atoms. The van der Waals surface area contributed by atoms with Gasteiger partial charge >= 0.3 is 0 Å². The smallest absolute Gasteiger partial charge is 0.295 e. The highest BCUT2D eigenvalue weighted by molar-refractivity contribution is 6.46. The fourth-order valence-corrected chi connectivity index (χ4v) is 4.01. The van der Waals surface area contributed by atoms with Crippen molar-refractivity contribution < 1.29 is 28.9 Å². The zero-order valence-electron chi connectivity index (χ0n) is 20.5. The molecule has 1 unspecified atom stereocenters. The molecule has 1 heterocycles. The Kier molecular flexibility index (Phi) is 7.83. The van der Waals surface area contributed by atoms with E-state index in [0.717, 1.165) is 0 Å². The number of Topliss-reactive ketones (excluding diaryl/α,β-unsaturated/α-hetero) is 1. The average molecular weight is 469 g/mol. The molecular weight excluding hydrogens is 436 g/mol. The number of ketones is 1. The summed E-state index contributed by atoms with van der Waals surface area (Å²) < 4.78 is 16.8. The summed E-state index contributed by atoms with van der Waals surface area (Å²) in [6, 6.07) is 11.3. The maximum atomic E-state index is 13.2. The molecule has 0 aliphatic carbocycles. The van der Waals surface area contributed by atoms with Crippen molar-refractivity contribution in [3.05, 3.63) is 59.2 Å². The zero-order valence-corrected chi connectivity index (χ0v) is 20.5. The highest BCUT2D eigenvalue weighted by Gasteiger charge is 2.47. The molecule has 1 amide bonds. The molecule has 8 heteroatoms. The molecular formula is C26H32N2O6. The first-order valence-electron chi connectivity index (χ1n) is 11.1. The lowest BCUT2D eigenvalue weighted by molar-refractivity contribution is -0.140. The number of hydrogen-bond acceptors (Lipinski definition) is 7. The summed E-state index contributed by atoms with van der Waals surface area (Å²) in [6.45, 7) is 4.62. The molecule has 2 aromatic rings. The van der Waals surface area contributed by atoms with Crippen LogP contribution in [0.5, 0.6) is 17.2 Å². The van der Waals surface area contributed by atoms with Crippen LogP contribution in [0.25, 0.3) is 5.76 Å². The second-order valence-electron chi connectivity index (χ2n) is 8.57.